The largest absolute Gasteiger partial charge is 0.444 e. The quantitative estimate of drug-likeness (QED) is 0.729. The van der Waals surface area contributed by atoms with Crippen LogP contribution in [0.1, 0.15) is 33.6 Å². The molecule has 1 amide bonds. The number of rotatable bonds is 2. The number of nitrogens with zero attached hydrogens (tertiary/aromatic N) is 2. The van der Waals surface area contributed by atoms with Crippen LogP contribution >= 0.6 is 10.7 Å². The number of carbonyl (C=O) groups is 1. The second kappa shape index (κ2) is 5.85. The van der Waals surface area contributed by atoms with E-state index in [-0.39, 0.29) is 12.1 Å². The first-order valence-corrected chi connectivity index (χ1v) is 8.43. The summed E-state index contributed by atoms with van der Waals surface area (Å²) >= 11 is 0. The van der Waals surface area contributed by atoms with Gasteiger partial charge >= 0.3 is 6.09 Å². The molecule has 19 heavy (non-hydrogen) atoms. The minimum Gasteiger partial charge on any atom is -0.444 e. The summed E-state index contributed by atoms with van der Waals surface area (Å²) in [6, 6.07) is -0.166. The first-order chi connectivity index (χ1) is 8.50. The van der Waals surface area contributed by atoms with E-state index in [1.807, 2.05) is 20.8 Å². The molecule has 112 valence electrons. The smallest absolute Gasteiger partial charge is 0.410 e. The lowest BCUT2D eigenvalue weighted by atomic mass is 10.1. The van der Waals surface area contributed by atoms with Crippen molar-refractivity contribution >= 4 is 26.0 Å². The van der Waals surface area contributed by atoms with Crippen molar-refractivity contribution in [3.05, 3.63) is 0 Å². The number of halogens is 1. The van der Waals surface area contributed by atoms with Crippen LogP contribution in [0, 0.1) is 0 Å². The van der Waals surface area contributed by atoms with E-state index in [9.17, 15) is 13.2 Å². The molecule has 0 N–H and O–H groups in total. The Morgan fingerprint density at radius 2 is 1.79 bits per heavy atom. The first-order valence-electron chi connectivity index (χ1n) is 6.16. The lowest BCUT2D eigenvalue weighted by Crippen LogP contribution is -2.47. The number of amides is 1. The van der Waals surface area contributed by atoms with Crippen LogP contribution in [0.2, 0.25) is 0 Å². The molecule has 1 rings (SSSR count). The molecule has 8 heteroatoms. The monoisotopic (exact) mass is 312 g/mol. The molecule has 1 heterocycles. The molecule has 6 nitrogen and oxygen atoms in total. The van der Waals surface area contributed by atoms with Crippen molar-refractivity contribution in [3.8, 4) is 0 Å². The van der Waals surface area contributed by atoms with E-state index >= 15 is 0 Å². The predicted molar refractivity (Wildman–Crippen MR) is 73.4 cm³/mol. The maximum Gasteiger partial charge on any atom is 0.410 e. The fraction of sp³-hybridized carbons (Fsp3) is 0.909. The van der Waals surface area contributed by atoms with Crippen LogP contribution in [0.3, 0.4) is 0 Å². The molecule has 0 saturated carbocycles. The Balaban J connectivity index is 2.52. The van der Waals surface area contributed by atoms with Crippen LogP contribution in [0.25, 0.3) is 0 Å². The van der Waals surface area contributed by atoms with Crippen LogP contribution in [-0.2, 0) is 14.0 Å². The number of piperidine rings is 1. The standard InChI is InChI=1S/C11H21ClN2O4S/c1-11(2,3)18-10(15)14-7-5-9(6-8-14)13(4)19(12,16)17/h9H,5-8H2,1-4H3. The molecule has 0 spiro atoms. The van der Waals surface area contributed by atoms with Crippen molar-refractivity contribution in [1.29, 1.82) is 0 Å². The first kappa shape index (κ1) is 16.5. The number of hydrogen-bond acceptors (Lipinski definition) is 4. The van der Waals surface area contributed by atoms with Gasteiger partial charge in [-0.2, -0.15) is 12.7 Å². The van der Waals surface area contributed by atoms with Crippen LogP contribution in [-0.4, -0.2) is 55.5 Å². The minimum atomic E-state index is -3.70. The van der Waals surface area contributed by atoms with E-state index in [1.165, 1.54) is 7.05 Å². The molecule has 0 atom stereocenters. The molecule has 0 aromatic rings. The third-order valence-electron chi connectivity index (χ3n) is 2.97. The fourth-order valence-corrected chi connectivity index (χ4v) is 2.82. The summed E-state index contributed by atoms with van der Waals surface area (Å²) in [6.45, 7) is 6.37. The van der Waals surface area contributed by atoms with Gasteiger partial charge in [-0.15, -0.1) is 0 Å². The molecule has 1 saturated heterocycles. The van der Waals surface area contributed by atoms with Gasteiger partial charge in [0.05, 0.1) is 0 Å². The third-order valence-corrected chi connectivity index (χ3v) is 4.61. The van der Waals surface area contributed by atoms with Gasteiger partial charge in [-0.1, -0.05) is 0 Å². The molecule has 0 aromatic heterocycles. The third kappa shape index (κ3) is 5.16. The summed E-state index contributed by atoms with van der Waals surface area (Å²) in [4.78, 5) is 13.4. The van der Waals surface area contributed by atoms with E-state index in [2.05, 4.69) is 0 Å². The average molecular weight is 313 g/mol. The molecule has 0 aliphatic carbocycles. The van der Waals surface area contributed by atoms with E-state index < -0.39 is 14.8 Å². The van der Waals surface area contributed by atoms with Gasteiger partial charge in [0.2, 0.25) is 0 Å². The molecule has 0 unspecified atom stereocenters. The molecule has 1 fully saturated rings. The summed E-state index contributed by atoms with van der Waals surface area (Å²) in [5.74, 6) is 0. The number of likely N-dealkylation sites (tertiary alicyclic amines) is 1. The van der Waals surface area contributed by atoms with Gasteiger partial charge in [0.25, 0.3) is 9.24 Å². The second-order valence-electron chi connectivity index (χ2n) is 5.66. The molecule has 0 radical (unpaired) electrons. The Morgan fingerprint density at radius 1 is 1.32 bits per heavy atom. The van der Waals surface area contributed by atoms with Gasteiger partial charge < -0.3 is 9.64 Å². The highest BCUT2D eigenvalue weighted by molar-refractivity contribution is 8.11. The topological polar surface area (TPSA) is 66.9 Å². The highest BCUT2D eigenvalue weighted by Crippen LogP contribution is 2.21. The Bertz CT molecular complexity index is 424. The van der Waals surface area contributed by atoms with Crippen molar-refractivity contribution in [1.82, 2.24) is 9.21 Å². The van der Waals surface area contributed by atoms with Crippen LogP contribution in [0.15, 0.2) is 0 Å². The van der Waals surface area contributed by atoms with Gasteiger partial charge in [0.15, 0.2) is 0 Å². The van der Waals surface area contributed by atoms with Gasteiger partial charge in [-0.3, -0.25) is 0 Å². The van der Waals surface area contributed by atoms with Gasteiger partial charge in [-0.05, 0) is 33.6 Å². The summed E-state index contributed by atoms with van der Waals surface area (Å²) in [5, 5.41) is 0. The maximum absolute atomic E-state index is 11.8. The summed E-state index contributed by atoms with van der Waals surface area (Å²) in [5.41, 5.74) is -0.524. The van der Waals surface area contributed by atoms with E-state index in [1.54, 1.807) is 4.90 Å². The normalized spacial score (nSPS) is 18.7. The highest BCUT2D eigenvalue weighted by atomic mass is 35.7. The van der Waals surface area contributed by atoms with E-state index in [0.717, 1.165) is 4.31 Å². The Hall–Kier alpha value is -0.530. The lowest BCUT2D eigenvalue weighted by Gasteiger charge is -2.35. The Labute approximate surface area is 119 Å². The zero-order chi connectivity index (χ0) is 14.8. The number of ether oxygens (including phenoxy) is 1. The molecule has 0 bridgehead atoms. The molecular weight excluding hydrogens is 292 g/mol. The van der Waals surface area contributed by atoms with Crippen LogP contribution in [0.4, 0.5) is 4.79 Å². The van der Waals surface area contributed by atoms with Crippen LogP contribution in [0.5, 0.6) is 0 Å². The summed E-state index contributed by atoms with van der Waals surface area (Å²) in [6.07, 6.45) is 0.756. The van der Waals surface area contributed by atoms with Crippen molar-refractivity contribution in [2.45, 2.75) is 45.3 Å². The van der Waals surface area contributed by atoms with Crippen LogP contribution < -0.4 is 0 Å². The molecule has 1 aliphatic rings. The predicted octanol–water partition coefficient (Wildman–Crippen LogP) is 1.80. The zero-order valence-corrected chi connectivity index (χ0v) is 13.3. The summed E-state index contributed by atoms with van der Waals surface area (Å²) < 4.78 is 28.9. The van der Waals surface area contributed by atoms with Crippen molar-refractivity contribution in [2.24, 2.45) is 0 Å². The molecule has 0 aromatic carbocycles. The number of hydrogen-bond donors (Lipinski definition) is 0. The number of carbonyl (C=O) groups excluding carboxylic acids is 1. The average Bonchev–Trinajstić information content (AvgIpc) is 2.24. The zero-order valence-electron chi connectivity index (χ0n) is 11.7. The fourth-order valence-electron chi connectivity index (χ4n) is 1.92. The van der Waals surface area contributed by atoms with Crippen molar-refractivity contribution in [2.75, 3.05) is 20.1 Å². The summed E-state index contributed by atoms with van der Waals surface area (Å²) in [7, 11) is 3.05. The van der Waals surface area contributed by atoms with Crippen molar-refractivity contribution < 1.29 is 17.9 Å². The molecular formula is C11H21ClN2O4S. The Kier molecular flexibility index (Phi) is 5.08. The highest BCUT2D eigenvalue weighted by Gasteiger charge is 2.31. The minimum absolute atomic E-state index is 0.166. The van der Waals surface area contributed by atoms with E-state index in [0.29, 0.717) is 25.9 Å². The lowest BCUT2D eigenvalue weighted by molar-refractivity contribution is 0.0183. The SMILES string of the molecule is CN(C1CCN(C(=O)OC(C)(C)C)CC1)S(=O)(=O)Cl. The van der Waals surface area contributed by atoms with Gasteiger partial charge in [0.1, 0.15) is 5.60 Å². The van der Waals surface area contributed by atoms with Crippen molar-refractivity contribution in [3.63, 3.8) is 0 Å². The second-order valence-corrected chi connectivity index (χ2v) is 8.23. The molecule has 1 aliphatic heterocycles. The van der Waals surface area contributed by atoms with E-state index in [4.69, 9.17) is 15.4 Å². The van der Waals surface area contributed by atoms with Gasteiger partial charge in [-0.25, -0.2) is 4.79 Å². The Morgan fingerprint density at radius 3 is 2.16 bits per heavy atom. The maximum atomic E-state index is 11.8. The van der Waals surface area contributed by atoms with Gasteiger partial charge in [0, 0.05) is 36.9 Å².